The number of hydrogen-bond acceptors (Lipinski definition) is 2. The van der Waals surface area contributed by atoms with Gasteiger partial charge in [0.1, 0.15) is 11.9 Å². The molecule has 1 rings (SSSR count). The van der Waals surface area contributed by atoms with Crippen LogP contribution in [0.5, 0.6) is 0 Å². The molecule has 0 aliphatic heterocycles. The van der Waals surface area contributed by atoms with Crippen LogP contribution in [-0.4, -0.2) is 18.3 Å². The Bertz CT molecular complexity index is 324. The average Bonchev–Trinajstić information content (AvgIpc) is 2.35. The summed E-state index contributed by atoms with van der Waals surface area (Å²) in [6.45, 7) is 5.01. The zero-order valence-corrected chi connectivity index (χ0v) is 10.5. The maximum Gasteiger partial charge on any atom is 0.129 e. The lowest BCUT2D eigenvalue weighted by molar-refractivity contribution is 0.0176. The van der Waals surface area contributed by atoms with Gasteiger partial charge in [0.15, 0.2) is 0 Å². The first-order valence-electron chi connectivity index (χ1n) is 6.19. The van der Waals surface area contributed by atoms with Crippen molar-refractivity contribution < 1.29 is 14.2 Å². The fraction of sp³-hybridized carbons (Fsp3) is 0.571. The second-order valence-corrected chi connectivity index (χ2v) is 4.26. The third-order valence-corrected chi connectivity index (χ3v) is 3.05. The Balaban J connectivity index is 2.40. The Kier molecular flexibility index (Phi) is 6.16. The van der Waals surface area contributed by atoms with E-state index in [1.807, 2.05) is 0 Å². The highest BCUT2D eigenvalue weighted by molar-refractivity contribution is 5.19. The summed E-state index contributed by atoms with van der Waals surface area (Å²) in [7, 11) is 0. The SMILES string of the molecule is CCC(CC)COCC(O)c1ccccc1F. The van der Waals surface area contributed by atoms with E-state index < -0.39 is 6.10 Å². The molecule has 0 aliphatic rings. The van der Waals surface area contributed by atoms with Gasteiger partial charge in [-0.3, -0.25) is 0 Å². The van der Waals surface area contributed by atoms with E-state index in [2.05, 4.69) is 13.8 Å². The highest BCUT2D eigenvalue weighted by Crippen LogP contribution is 2.17. The van der Waals surface area contributed by atoms with E-state index in [0.717, 1.165) is 12.8 Å². The molecule has 1 aromatic carbocycles. The molecule has 3 heteroatoms. The molecule has 0 heterocycles. The first-order chi connectivity index (χ1) is 8.19. The smallest absolute Gasteiger partial charge is 0.129 e. The minimum absolute atomic E-state index is 0.150. The Morgan fingerprint density at radius 1 is 1.18 bits per heavy atom. The van der Waals surface area contributed by atoms with Crippen molar-refractivity contribution in [2.75, 3.05) is 13.2 Å². The summed E-state index contributed by atoms with van der Waals surface area (Å²) in [6.07, 6.45) is 1.24. The monoisotopic (exact) mass is 240 g/mol. The summed E-state index contributed by atoms with van der Waals surface area (Å²) in [6, 6.07) is 6.25. The van der Waals surface area contributed by atoms with Crippen LogP contribution < -0.4 is 0 Å². The molecule has 1 aromatic rings. The maximum absolute atomic E-state index is 13.3. The molecule has 0 bridgehead atoms. The molecule has 0 amide bonds. The van der Waals surface area contributed by atoms with Gasteiger partial charge in [0, 0.05) is 12.2 Å². The van der Waals surface area contributed by atoms with E-state index in [-0.39, 0.29) is 12.4 Å². The van der Waals surface area contributed by atoms with Crippen LogP contribution in [0.4, 0.5) is 4.39 Å². The van der Waals surface area contributed by atoms with Gasteiger partial charge >= 0.3 is 0 Å². The van der Waals surface area contributed by atoms with Gasteiger partial charge in [-0.15, -0.1) is 0 Å². The zero-order chi connectivity index (χ0) is 12.7. The number of benzene rings is 1. The van der Waals surface area contributed by atoms with Crippen molar-refractivity contribution in [3.63, 3.8) is 0 Å². The predicted molar refractivity (Wildman–Crippen MR) is 66.3 cm³/mol. The third kappa shape index (κ3) is 4.44. The average molecular weight is 240 g/mol. The van der Waals surface area contributed by atoms with Crippen molar-refractivity contribution in [2.24, 2.45) is 5.92 Å². The second-order valence-electron chi connectivity index (χ2n) is 4.26. The Hall–Kier alpha value is -0.930. The molecule has 0 aromatic heterocycles. The molecule has 0 radical (unpaired) electrons. The highest BCUT2D eigenvalue weighted by Gasteiger charge is 2.13. The minimum Gasteiger partial charge on any atom is -0.386 e. The molecular formula is C14H21FO2. The van der Waals surface area contributed by atoms with Crippen molar-refractivity contribution >= 4 is 0 Å². The summed E-state index contributed by atoms with van der Waals surface area (Å²) < 4.78 is 18.8. The number of aliphatic hydroxyl groups is 1. The van der Waals surface area contributed by atoms with Gasteiger partial charge in [-0.1, -0.05) is 44.9 Å². The quantitative estimate of drug-likeness (QED) is 0.792. The van der Waals surface area contributed by atoms with Crippen molar-refractivity contribution in [3.05, 3.63) is 35.6 Å². The molecule has 1 N–H and O–H groups in total. The molecule has 0 fully saturated rings. The van der Waals surface area contributed by atoms with E-state index in [1.165, 1.54) is 6.07 Å². The zero-order valence-electron chi connectivity index (χ0n) is 10.5. The molecule has 1 atom stereocenters. The number of halogens is 1. The summed E-state index contributed by atoms with van der Waals surface area (Å²) in [5, 5.41) is 9.79. The normalized spacial score (nSPS) is 13.0. The number of hydrogen-bond donors (Lipinski definition) is 1. The van der Waals surface area contributed by atoms with Crippen LogP contribution in [0.3, 0.4) is 0 Å². The van der Waals surface area contributed by atoms with E-state index in [0.29, 0.717) is 18.1 Å². The molecule has 2 nitrogen and oxygen atoms in total. The van der Waals surface area contributed by atoms with Gasteiger partial charge in [-0.25, -0.2) is 4.39 Å². The Morgan fingerprint density at radius 3 is 2.41 bits per heavy atom. The van der Waals surface area contributed by atoms with E-state index in [1.54, 1.807) is 18.2 Å². The van der Waals surface area contributed by atoms with Gasteiger partial charge in [0.25, 0.3) is 0 Å². The fourth-order valence-electron chi connectivity index (χ4n) is 1.71. The summed E-state index contributed by atoms with van der Waals surface area (Å²) in [5.41, 5.74) is 0.303. The van der Waals surface area contributed by atoms with Crippen molar-refractivity contribution in [1.29, 1.82) is 0 Å². The van der Waals surface area contributed by atoms with E-state index >= 15 is 0 Å². The maximum atomic E-state index is 13.3. The molecule has 0 aliphatic carbocycles. The Morgan fingerprint density at radius 2 is 1.82 bits per heavy atom. The molecule has 1 unspecified atom stereocenters. The van der Waals surface area contributed by atoms with Crippen molar-refractivity contribution in [1.82, 2.24) is 0 Å². The number of ether oxygens (including phenoxy) is 1. The van der Waals surface area contributed by atoms with Gasteiger partial charge in [-0.05, 0) is 12.0 Å². The lowest BCUT2D eigenvalue weighted by Gasteiger charge is -2.16. The standard InChI is InChI=1S/C14H21FO2/c1-3-11(4-2)9-17-10-14(16)12-7-5-6-8-13(12)15/h5-8,11,14,16H,3-4,9-10H2,1-2H3. The van der Waals surface area contributed by atoms with Gasteiger partial charge in [-0.2, -0.15) is 0 Å². The number of aliphatic hydroxyl groups excluding tert-OH is 1. The fourth-order valence-corrected chi connectivity index (χ4v) is 1.71. The van der Waals surface area contributed by atoms with Crippen molar-refractivity contribution in [2.45, 2.75) is 32.8 Å². The van der Waals surface area contributed by atoms with Crippen LogP contribution in [0, 0.1) is 11.7 Å². The summed E-state index contributed by atoms with van der Waals surface area (Å²) in [5.74, 6) is 0.133. The second kappa shape index (κ2) is 7.41. The molecule has 0 saturated carbocycles. The van der Waals surface area contributed by atoms with Gasteiger partial charge < -0.3 is 9.84 Å². The first-order valence-corrected chi connectivity index (χ1v) is 6.19. The van der Waals surface area contributed by atoms with E-state index in [9.17, 15) is 9.50 Å². The molecule has 0 saturated heterocycles. The van der Waals surface area contributed by atoms with Crippen LogP contribution in [0.1, 0.15) is 38.4 Å². The highest BCUT2D eigenvalue weighted by atomic mass is 19.1. The van der Waals surface area contributed by atoms with Crippen LogP contribution >= 0.6 is 0 Å². The third-order valence-electron chi connectivity index (χ3n) is 3.05. The summed E-state index contributed by atoms with van der Waals surface area (Å²) >= 11 is 0. The first kappa shape index (κ1) is 14.1. The van der Waals surface area contributed by atoms with Crippen LogP contribution in [-0.2, 0) is 4.74 Å². The van der Waals surface area contributed by atoms with Crippen molar-refractivity contribution in [3.8, 4) is 0 Å². The van der Waals surface area contributed by atoms with Crippen LogP contribution in [0.25, 0.3) is 0 Å². The topological polar surface area (TPSA) is 29.5 Å². The molecular weight excluding hydrogens is 219 g/mol. The molecule has 96 valence electrons. The largest absolute Gasteiger partial charge is 0.386 e. The summed E-state index contributed by atoms with van der Waals surface area (Å²) in [4.78, 5) is 0. The molecule has 0 spiro atoms. The van der Waals surface area contributed by atoms with E-state index in [4.69, 9.17) is 4.74 Å². The lowest BCUT2D eigenvalue weighted by Crippen LogP contribution is -2.14. The Labute approximate surface area is 102 Å². The molecule has 17 heavy (non-hydrogen) atoms. The van der Waals surface area contributed by atoms with Crippen LogP contribution in [0.2, 0.25) is 0 Å². The predicted octanol–water partition coefficient (Wildman–Crippen LogP) is 3.31. The lowest BCUT2D eigenvalue weighted by atomic mass is 10.1. The van der Waals surface area contributed by atoms with Gasteiger partial charge in [0.05, 0.1) is 6.61 Å². The minimum atomic E-state index is -0.884. The van der Waals surface area contributed by atoms with Gasteiger partial charge in [0.2, 0.25) is 0 Å². The number of rotatable bonds is 7. The van der Waals surface area contributed by atoms with Crippen LogP contribution in [0.15, 0.2) is 24.3 Å².